The Hall–Kier alpha value is -0.0800. The van der Waals surface area contributed by atoms with Crippen LogP contribution < -0.4 is 5.32 Å². The Labute approximate surface area is 105 Å². The molecule has 2 heteroatoms. The molecule has 2 saturated carbocycles. The van der Waals surface area contributed by atoms with Crippen molar-refractivity contribution >= 4 is 0 Å². The fraction of sp³-hybridized carbons (Fsp3) is 1.00. The molecular formula is C15H27NO. The Bertz CT molecular complexity index is 260. The first-order chi connectivity index (χ1) is 8.27. The van der Waals surface area contributed by atoms with Crippen LogP contribution in [0.3, 0.4) is 0 Å². The van der Waals surface area contributed by atoms with Crippen LogP contribution in [0.25, 0.3) is 0 Å². The molecular weight excluding hydrogens is 210 g/mol. The fourth-order valence-corrected chi connectivity index (χ4v) is 3.72. The molecule has 98 valence electrons. The molecule has 0 amide bonds. The van der Waals surface area contributed by atoms with E-state index in [0.29, 0.717) is 11.7 Å². The average Bonchev–Trinajstić information content (AvgIpc) is 2.89. The summed E-state index contributed by atoms with van der Waals surface area (Å²) in [6.07, 6.45) is 11.4. The maximum Gasteiger partial charge on any atom is 0.0708 e. The molecule has 3 aliphatic rings. The van der Waals surface area contributed by atoms with Crippen molar-refractivity contribution in [3.63, 3.8) is 0 Å². The second-order valence-corrected chi connectivity index (χ2v) is 6.65. The van der Waals surface area contributed by atoms with Gasteiger partial charge in [0.05, 0.1) is 11.7 Å². The van der Waals surface area contributed by atoms with E-state index in [-0.39, 0.29) is 0 Å². The van der Waals surface area contributed by atoms with Gasteiger partial charge in [0, 0.05) is 6.54 Å². The highest BCUT2D eigenvalue weighted by Crippen LogP contribution is 2.42. The smallest absolute Gasteiger partial charge is 0.0708 e. The lowest BCUT2D eigenvalue weighted by atomic mass is 9.83. The zero-order valence-corrected chi connectivity index (χ0v) is 11.2. The average molecular weight is 237 g/mol. The number of nitrogens with one attached hydrogen (secondary N) is 1. The lowest BCUT2D eigenvalue weighted by molar-refractivity contribution is -0.0623. The van der Waals surface area contributed by atoms with Crippen LogP contribution in [0.2, 0.25) is 0 Å². The first kappa shape index (κ1) is 12.0. The molecule has 0 radical (unpaired) electrons. The molecule has 1 N–H and O–H groups in total. The van der Waals surface area contributed by atoms with E-state index in [4.69, 9.17) is 4.74 Å². The summed E-state index contributed by atoms with van der Waals surface area (Å²) in [6, 6.07) is 0. The summed E-state index contributed by atoms with van der Waals surface area (Å²) < 4.78 is 6.36. The monoisotopic (exact) mass is 237 g/mol. The zero-order valence-electron chi connectivity index (χ0n) is 11.2. The minimum atomic E-state index is 0.303. The van der Waals surface area contributed by atoms with Gasteiger partial charge in [0.1, 0.15) is 0 Å². The van der Waals surface area contributed by atoms with E-state index in [1.54, 1.807) is 0 Å². The van der Waals surface area contributed by atoms with Crippen LogP contribution >= 0.6 is 0 Å². The predicted octanol–water partition coefficient (Wildman–Crippen LogP) is 3.11. The summed E-state index contributed by atoms with van der Waals surface area (Å²) in [5, 5.41) is 3.62. The Kier molecular flexibility index (Phi) is 3.45. The van der Waals surface area contributed by atoms with Gasteiger partial charge in [-0.3, -0.25) is 0 Å². The molecule has 2 aliphatic carbocycles. The third-order valence-electron chi connectivity index (χ3n) is 5.16. The van der Waals surface area contributed by atoms with Crippen molar-refractivity contribution in [2.24, 2.45) is 11.8 Å². The normalized spacial score (nSPS) is 39.7. The van der Waals surface area contributed by atoms with Gasteiger partial charge in [-0.05, 0) is 50.5 Å². The van der Waals surface area contributed by atoms with Gasteiger partial charge in [0.15, 0.2) is 0 Å². The van der Waals surface area contributed by atoms with Crippen molar-refractivity contribution in [1.29, 1.82) is 0 Å². The largest absolute Gasteiger partial charge is 0.370 e. The Morgan fingerprint density at radius 2 is 1.88 bits per heavy atom. The summed E-state index contributed by atoms with van der Waals surface area (Å²) >= 11 is 0. The standard InChI is InChI=1S/C15H27NO/c1-12-9-13(12)10-16-11-14-5-8-15(17-14)6-3-2-4-7-15/h12-14,16H,2-11H2,1H3. The van der Waals surface area contributed by atoms with Gasteiger partial charge in [-0.15, -0.1) is 0 Å². The molecule has 3 unspecified atom stereocenters. The molecule has 0 aromatic carbocycles. The van der Waals surface area contributed by atoms with Gasteiger partial charge in [0.2, 0.25) is 0 Å². The van der Waals surface area contributed by atoms with Crippen LogP contribution in [0.15, 0.2) is 0 Å². The van der Waals surface area contributed by atoms with Crippen LogP contribution in [-0.2, 0) is 4.74 Å². The SMILES string of the molecule is CC1CC1CNCC1CCC2(CCCCC2)O1. The second kappa shape index (κ2) is 4.89. The minimum absolute atomic E-state index is 0.303. The van der Waals surface area contributed by atoms with Crippen LogP contribution in [0.4, 0.5) is 0 Å². The summed E-state index contributed by atoms with van der Waals surface area (Å²) in [5.41, 5.74) is 0.303. The van der Waals surface area contributed by atoms with Gasteiger partial charge in [-0.1, -0.05) is 26.2 Å². The van der Waals surface area contributed by atoms with Crippen LogP contribution in [0.5, 0.6) is 0 Å². The highest BCUT2D eigenvalue weighted by Gasteiger charge is 2.40. The molecule has 1 saturated heterocycles. The molecule has 17 heavy (non-hydrogen) atoms. The predicted molar refractivity (Wildman–Crippen MR) is 70.1 cm³/mol. The Morgan fingerprint density at radius 3 is 2.59 bits per heavy atom. The van der Waals surface area contributed by atoms with Gasteiger partial charge in [-0.25, -0.2) is 0 Å². The summed E-state index contributed by atoms with van der Waals surface area (Å²) in [4.78, 5) is 0. The van der Waals surface area contributed by atoms with Gasteiger partial charge in [-0.2, -0.15) is 0 Å². The summed E-state index contributed by atoms with van der Waals surface area (Å²) in [5.74, 6) is 1.93. The molecule has 0 aromatic heterocycles. The molecule has 0 bridgehead atoms. The van der Waals surface area contributed by atoms with Gasteiger partial charge in [0.25, 0.3) is 0 Å². The fourth-order valence-electron chi connectivity index (χ4n) is 3.72. The highest BCUT2D eigenvalue weighted by atomic mass is 16.5. The van der Waals surface area contributed by atoms with Crippen molar-refractivity contribution in [2.45, 2.75) is 70.0 Å². The molecule has 2 nitrogen and oxygen atoms in total. The number of hydrogen-bond donors (Lipinski definition) is 1. The zero-order chi connectivity index (χ0) is 11.7. The molecule has 3 fully saturated rings. The first-order valence-corrected chi connectivity index (χ1v) is 7.66. The van der Waals surface area contributed by atoms with Crippen LogP contribution in [0, 0.1) is 11.8 Å². The quantitative estimate of drug-likeness (QED) is 0.811. The molecule has 0 aromatic rings. The first-order valence-electron chi connectivity index (χ1n) is 7.66. The van der Waals surface area contributed by atoms with Gasteiger partial charge >= 0.3 is 0 Å². The Balaban J connectivity index is 1.38. The maximum atomic E-state index is 6.36. The number of hydrogen-bond acceptors (Lipinski definition) is 2. The molecule has 3 atom stereocenters. The third kappa shape index (κ3) is 2.85. The minimum Gasteiger partial charge on any atom is -0.370 e. The van der Waals surface area contributed by atoms with Crippen molar-refractivity contribution < 1.29 is 4.74 Å². The van der Waals surface area contributed by atoms with Crippen molar-refractivity contribution in [1.82, 2.24) is 5.32 Å². The topological polar surface area (TPSA) is 21.3 Å². The van der Waals surface area contributed by atoms with E-state index in [1.807, 2.05) is 0 Å². The molecule has 1 heterocycles. The molecule has 1 aliphatic heterocycles. The number of ether oxygens (including phenoxy) is 1. The lowest BCUT2D eigenvalue weighted by Crippen LogP contribution is -2.35. The van der Waals surface area contributed by atoms with Gasteiger partial charge < -0.3 is 10.1 Å². The molecule has 3 rings (SSSR count). The summed E-state index contributed by atoms with van der Waals surface area (Å²) in [6.45, 7) is 4.66. The third-order valence-corrected chi connectivity index (χ3v) is 5.16. The summed E-state index contributed by atoms with van der Waals surface area (Å²) in [7, 11) is 0. The molecule has 1 spiro atoms. The van der Waals surface area contributed by atoms with E-state index < -0.39 is 0 Å². The second-order valence-electron chi connectivity index (χ2n) is 6.65. The van der Waals surface area contributed by atoms with Crippen LogP contribution in [-0.4, -0.2) is 24.8 Å². The van der Waals surface area contributed by atoms with E-state index in [1.165, 1.54) is 57.9 Å². The highest BCUT2D eigenvalue weighted by molar-refractivity contribution is 4.92. The van der Waals surface area contributed by atoms with Crippen molar-refractivity contribution in [2.75, 3.05) is 13.1 Å². The lowest BCUT2D eigenvalue weighted by Gasteiger charge is -2.33. The van der Waals surface area contributed by atoms with Crippen molar-refractivity contribution in [3.8, 4) is 0 Å². The van der Waals surface area contributed by atoms with E-state index >= 15 is 0 Å². The van der Waals surface area contributed by atoms with E-state index in [0.717, 1.165) is 18.4 Å². The van der Waals surface area contributed by atoms with E-state index in [2.05, 4.69) is 12.2 Å². The number of rotatable bonds is 4. The van der Waals surface area contributed by atoms with Crippen LogP contribution in [0.1, 0.15) is 58.3 Å². The van der Waals surface area contributed by atoms with E-state index in [9.17, 15) is 0 Å². The Morgan fingerprint density at radius 1 is 1.12 bits per heavy atom. The van der Waals surface area contributed by atoms with Crippen molar-refractivity contribution in [3.05, 3.63) is 0 Å². The maximum absolute atomic E-state index is 6.36.